The van der Waals surface area contributed by atoms with Gasteiger partial charge in [0, 0.05) is 18.9 Å². The molecule has 1 heterocycles. The van der Waals surface area contributed by atoms with Crippen molar-refractivity contribution < 1.29 is 18.7 Å². The molecule has 1 aromatic heterocycles. The number of hydrogen-bond donors (Lipinski definition) is 2. The number of halogens is 2. The maximum absolute atomic E-state index is 13.4. The van der Waals surface area contributed by atoms with Gasteiger partial charge in [0.25, 0.3) is 5.92 Å². The van der Waals surface area contributed by atoms with E-state index in [2.05, 4.69) is 10.3 Å². The topological polar surface area (TPSA) is 62.2 Å². The van der Waals surface area contributed by atoms with Gasteiger partial charge in [-0.15, -0.1) is 0 Å². The second-order valence-electron chi connectivity index (χ2n) is 4.44. The number of nitrogens with zero attached hydrogens (tertiary/aromatic N) is 1. The molecule has 98 valence electrons. The van der Waals surface area contributed by atoms with Crippen LogP contribution in [0.15, 0.2) is 18.2 Å². The summed E-state index contributed by atoms with van der Waals surface area (Å²) in [7, 11) is 0. The highest BCUT2D eigenvalue weighted by molar-refractivity contribution is 5.85. The van der Waals surface area contributed by atoms with Gasteiger partial charge in [-0.1, -0.05) is 6.07 Å². The average Bonchev–Trinajstić information content (AvgIpc) is 2.66. The highest BCUT2D eigenvalue weighted by Crippen LogP contribution is 2.40. The van der Waals surface area contributed by atoms with Gasteiger partial charge in [0.15, 0.2) is 5.69 Å². The van der Waals surface area contributed by atoms with Crippen LogP contribution in [0.1, 0.15) is 29.8 Å². The third-order valence-corrected chi connectivity index (χ3v) is 3.16. The van der Waals surface area contributed by atoms with Gasteiger partial charge in [-0.2, -0.15) is 0 Å². The number of rotatable bonds is 4. The molecule has 1 saturated carbocycles. The Morgan fingerprint density at radius 1 is 1.56 bits per heavy atom. The van der Waals surface area contributed by atoms with Crippen molar-refractivity contribution in [2.75, 3.05) is 11.9 Å². The lowest BCUT2D eigenvalue weighted by atomic mass is 10.1. The Labute approximate surface area is 103 Å². The minimum Gasteiger partial charge on any atom is -0.477 e. The summed E-state index contributed by atoms with van der Waals surface area (Å²) in [6, 6.07) is 4.46. The number of nitrogens with one attached hydrogen (secondary N) is 1. The summed E-state index contributed by atoms with van der Waals surface area (Å²) in [5.41, 5.74) is -0.0989. The molecule has 18 heavy (non-hydrogen) atoms. The van der Waals surface area contributed by atoms with Crippen LogP contribution >= 0.6 is 0 Å². The van der Waals surface area contributed by atoms with Crippen LogP contribution in [0.2, 0.25) is 0 Å². The van der Waals surface area contributed by atoms with Gasteiger partial charge in [0.1, 0.15) is 5.82 Å². The van der Waals surface area contributed by atoms with Gasteiger partial charge in [0.05, 0.1) is 0 Å². The molecule has 0 spiro atoms. The van der Waals surface area contributed by atoms with Gasteiger partial charge in [0.2, 0.25) is 0 Å². The lowest BCUT2D eigenvalue weighted by molar-refractivity contribution is -0.0318. The number of hydrogen-bond acceptors (Lipinski definition) is 3. The van der Waals surface area contributed by atoms with Crippen molar-refractivity contribution in [1.29, 1.82) is 0 Å². The van der Waals surface area contributed by atoms with E-state index in [1.165, 1.54) is 12.1 Å². The average molecular weight is 256 g/mol. The zero-order valence-electron chi connectivity index (χ0n) is 9.70. The Morgan fingerprint density at radius 2 is 2.33 bits per heavy atom. The van der Waals surface area contributed by atoms with Crippen LogP contribution in [0.5, 0.6) is 0 Å². The molecule has 0 aliphatic heterocycles. The quantitative estimate of drug-likeness (QED) is 0.869. The van der Waals surface area contributed by atoms with E-state index in [9.17, 15) is 13.6 Å². The van der Waals surface area contributed by atoms with Crippen molar-refractivity contribution in [3.63, 3.8) is 0 Å². The van der Waals surface area contributed by atoms with E-state index < -0.39 is 17.8 Å². The van der Waals surface area contributed by atoms with Crippen molar-refractivity contribution in [3.8, 4) is 0 Å². The minimum absolute atomic E-state index is 0.0675. The zero-order chi connectivity index (χ0) is 13.2. The smallest absolute Gasteiger partial charge is 0.354 e. The fraction of sp³-hybridized carbons (Fsp3) is 0.500. The fourth-order valence-electron chi connectivity index (χ4n) is 2.13. The summed E-state index contributed by atoms with van der Waals surface area (Å²) in [4.78, 5) is 14.5. The highest BCUT2D eigenvalue weighted by atomic mass is 19.3. The number of aromatic carboxylic acids is 1. The summed E-state index contributed by atoms with van der Waals surface area (Å²) in [6.07, 6.45) is 0.947. The number of alkyl halides is 2. The largest absolute Gasteiger partial charge is 0.477 e. The molecular formula is C12H14F2N2O2. The van der Waals surface area contributed by atoms with Gasteiger partial charge in [-0.05, 0) is 25.0 Å². The molecule has 1 fully saturated rings. The maximum atomic E-state index is 13.4. The molecule has 0 amide bonds. The maximum Gasteiger partial charge on any atom is 0.354 e. The van der Waals surface area contributed by atoms with Crippen LogP contribution in [-0.2, 0) is 0 Å². The first-order chi connectivity index (χ1) is 8.49. The Kier molecular flexibility index (Phi) is 3.45. The van der Waals surface area contributed by atoms with Gasteiger partial charge in [-0.3, -0.25) is 0 Å². The summed E-state index contributed by atoms with van der Waals surface area (Å²) < 4.78 is 26.7. The van der Waals surface area contributed by atoms with Crippen molar-refractivity contribution >= 4 is 11.8 Å². The molecule has 1 aromatic rings. The van der Waals surface area contributed by atoms with Crippen LogP contribution in [0, 0.1) is 5.92 Å². The predicted octanol–water partition coefficient (Wildman–Crippen LogP) is 2.63. The number of aromatic nitrogens is 1. The Balaban J connectivity index is 1.98. The first-order valence-electron chi connectivity index (χ1n) is 5.81. The van der Waals surface area contributed by atoms with Crippen LogP contribution in [0.4, 0.5) is 14.6 Å². The molecular weight excluding hydrogens is 242 g/mol. The standard InChI is InChI=1S/C12H14F2N2O2/c13-12(14)6-2-3-8(12)7-15-10-5-1-4-9(16-10)11(17)18/h1,4-5,8H,2-3,6-7H2,(H,15,16)(H,17,18). The molecule has 0 aromatic carbocycles. The zero-order valence-corrected chi connectivity index (χ0v) is 9.70. The van der Waals surface area contributed by atoms with Crippen molar-refractivity contribution in [1.82, 2.24) is 4.98 Å². The van der Waals surface area contributed by atoms with E-state index in [1.807, 2.05) is 0 Å². The monoisotopic (exact) mass is 256 g/mol. The lowest BCUT2D eigenvalue weighted by Gasteiger charge is -2.19. The first-order valence-corrected chi connectivity index (χ1v) is 5.81. The molecule has 2 rings (SSSR count). The van der Waals surface area contributed by atoms with Crippen LogP contribution in [-0.4, -0.2) is 28.5 Å². The molecule has 0 saturated heterocycles. The number of anilines is 1. The van der Waals surface area contributed by atoms with Crippen LogP contribution in [0.3, 0.4) is 0 Å². The van der Waals surface area contributed by atoms with Crippen LogP contribution in [0.25, 0.3) is 0 Å². The normalized spacial score (nSPS) is 21.8. The summed E-state index contributed by atoms with van der Waals surface area (Å²) >= 11 is 0. The molecule has 4 nitrogen and oxygen atoms in total. The van der Waals surface area contributed by atoms with E-state index >= 15 is 0 Å². The fourth-order valence-corrected chi connectivity index (χ4v) is 2.13. The Morgan fingerprint density at radius 3 is 2.94 bits per heavy atom. The molecule has 1 aliphatic rings. The molecule has 1 unspecified atom stereocenters. The number of pyridine rings is 1. The summed E-state index contributed by atoms with van der Waals surface area (Å²) in [5, 5.41) is 11.5. The molecule has 2 N–H and O–H groups in total. The van der Waals surface area contributed by atoms with E-state index in [4.69, 9.17) is 5.11 Å². The third-order valence-electron chi connectivity index (χ3n) is 3.16. The second-order valence-corrected chi connectivity index (χ2v) is 4.44. The molecule has 0 bridgehead atoms. The molecule has 6 heteroatoms. The number of carboxylic acid groups (broad SMARTS) is 1. The van der Waals surface area contributed by atoms with E-state index in [-0.39, 0.29) is 18.7 Å². The Bertz CT molecular complexity index is 451. The van der Waals surface area contributed by atoms with Crippen molar-refractivity contribution in [2.45, 2.75) is 25.2 Å². The number of carbonyl (C=O) groups is 1. The van der Waals surface area contributed by atoms with E-state index in [0.29, 0.717) is 18.7 Å². The third kappa shape index (κ3) is 2.75. The minimum atomic E-state index is -2.63. The molecule has 1 aliphatic carbocycles. The van der Waals surface area contributed by atoms with Crippen LogP contribution < -0.4 is 5.32 Å². The van der Waals surface area contributed by atoms with Gasteiger partial charge in [-0.25, -0.2) is 18.6 Å². The van der Waals surface area contributed by atoms with Crippen molar-refractivity contribution in [3.05, 3.63) is 23.9 Å². The van der Waals surface area contributed by atoms with E-state index in [0.717, 1.165) is 0 Å². The number of carboxylic acids is 1. The Hall–Kier alpha value is -1.72. The lowest BCUT2D eigenvalue weighted by Crippen LogP contribution is -2.28. The van der Waals surface area contributed by atoms with Gasteiger partial charge >= 0.3 is 5.97 Å². The van der Waals surface area contributed by atoms with Gasteiger partial charge < -0.3 is 10.4 Å². The first kappa shape index (κ1) is 12.7. The highest BCUT2D eigenvalue weighted by Gasteiger charge is 2.43. The SMILES string of the molecule is O=C(O)c1cccc(NCC2CCCC2(F)F)n1. The summed E-state index contributed by atoms with van der Waals surface area (Å²) in [6.45, 7) is 0.114. The second kappa shape index (κ2) is 4.88. The predicted molar refractivity (Wildman–Crippen MR) is 62.0 cm³/mol. The van der Waals surface area contributed by atoms with Crippen molar-refractivity contribution in [2.24, 2.45) is 5.92 Å². The molecule has 0 radical (unpaired) electrons. The molecule has 1 atom stereocenters. The summed E-state index contributed by atoms with van der Waals surface area (Å²) in [5.74, 6) is -4.15. The van der Waals surface area contributed by atoms with E-state index in [1.54, 1.807) is 6.07 Å².